The molecule has 0 aromatic rings. The second-order valence-electron chi connectivity index (χ2n) is 15.6. The first-order valence-electron chi connectivity index (χ1n) is 23.8. The Balaban J connectivity index is 4.28. The molecule has 0 aromatic carbocycles. The quantitative estimate of drug-likeness (QED) is 0.0265. The van der Waals surface area contributed by atoms with Crippen LogP contribution in [0.1, 0.15) is 226 Å². The van der Waals surface area contributed by atoms with Crippen LogP contribution < -0.4 is 0 Å². The van der Waals surface area contributed by atoms with Gasteiger partial charge in [-0.2, -0.15) is 0 Å². The van der Waals surface area contributed by atoms with Gasteiger partial charge in [-0.15, -0.1) is 0 Å². The highest BCUT2D eigenvalue weighted by Gasteiger charge is 2.19. The number of hydrogen-bond acceptors (Lipinski definition) is 6. The third-order valence-corrected chi connectivity index (χ3v) is 10.0. The SMILES string of the molecule is CC/C=C\C/C=C\C/C=C\C/C=C\CCCCCCCCC(=O)OCC(COC(=O)CCCCCCCC)OC(=O)CCCCCCC/C=C\CCCCCCC. The third kappa shape index (κ3) is 44.1. The molecule has 0 aliphatic rings. The van der Waals surface area contributed by atoms with E-state index in [-0.39, 0.29) is 31.1 Å². The summed E-state index contributed by atoms with van der Waals surface area (Å²) in [6.45, 7) is 6.43. The molecule has 0 amide bonds. The van der Waals surface area contributed by atoms with E-state index in [2.05, 4.69) is 81.5 Å². The maximum Gasteiger partial charge on any atom is 0.306 e. The highest BCUT2D eigenvalue weighted by molar-refractivity contribution is 5.71. The van der Waals surface area contributed by atoms with Crippen LogP contribution in [0.5, 0.6) is 0 Å². The number of hydrogen-bond donors (Lipinski definition) is 0. The van der Waals surface area contributed by atoms with Gasteiger partial charge in [-0.1, -0.05) is 184 Å². The van der Waals surface area contributed by atoms with Gasteiger partial charge in [-0.3, -0.25) is 14.4 Å². The lowest BCUT2D eigenvalue weighted by Gasteiger charge is -2.18. The van der Waals surface area contributed by atoms with E-state index in [0.717, 1.165) is 103 Å². The second-order valence-corrected chi connectivity index (χ2v) is 15.6. The molecule has 0 saturated carbocycles. The van der Waals surface area contributed by atoms with Gasteiger partial charge >= 0.3 is 17.9 Å². The average molecular weight is 797 g/mol. The van der Waals surface area contributed by atoms with Crippen LogP contribution in [0.4, 0.5) is 0 Å². The van der Waals surface area contributed by atoms with Crippen molar-refractivity contribution in [3.05, 3.63) is 60.8 Å². The van der Waals surface area contributed by atoms with Crippen LogP contribution in [0, 0.1) is 0 Å². The lowest BCUT2D eigenvalue weighted by atomic mass is 10.1. The molecule has 1 unspecified atom stereocenters. The predicted octanol–water partition coefficient (Wildman–Crippen LogP) is 15.3. The maximum atomic E-state index is 12.7. The van der Waals surface area contributed by atoms with Gasteiger partial charge in [-0.05, 0) is 83.5 Å². The summed E-state index contributed by atoms with van der Waals surface area (Å²) in [6.07, 6.45) is 55.1. The van der Waals surface area contributed by atoms with Crippen molar-refractivity contribution in [2.45, 2.75) is 232 Å². The summed E-state index contributed by atoms with van der Waals surface area (Å²) >= 11 is 0. The van der Waals surface area contributed by atoms with Crippen molar-refractivity contribution >= 4 is 17.9 Å². The van der Waals surface area contributed by atoms with Gasteiger partial charge in [0.2, 0.25) is 0 Å². The summed E-state index contributed by atoms with van der Waals surface area (Å²) < 4.78 is 16.6. The Kier molecular flexibility index (Phi) is 43.5. The summed E-state index contributed by atoms with van der Waals surface area (Å²) in [4.78, 5) is 37.6. The molecule has 0 aliphatic heterocycles. The molecule has 0 rings (SSSR count). The zero-order valence-electron chi connectivity index (χ0n) is 37.3. The molecule has 0 heterocycles. The Morgan fingerprint density at radius 3 is 1.09 bits per heavy atom. The van der Waals surface area contributed by atoms with Crippen LogP contribution in [-0.2, 0) is 28.6 Å². The summed E-state index contributed by atoms with van der Waals surface area (Å²) in [6, 6.07) is 0. The summed E-state index contributed by atoms with van der Waals surface area (Å²) in [7, 11) is 0. The summed E-state index contributed by atoms with van der Waals surface area (Å²) in [5.41, 5.74) is 0. The predicted molar refractivity (Wildman–Crippen MR) is 242 cm³/mol. The fraction of sp³-hybridized carbons (Fsp3) is 0.745. The number of carbonyl (C=O) groups is 3. The Morgan fingerprint density at radius 1 is 0.368 bits per heavy atom. The van der Waals surface area contributed by atoms with Crippen molar-refractivity contribution in [2.75, 3.05) is 13.2 Å². The van der Waals surface area contributed by atoms with Gasteiger partial charge in [0.25, 0.3) is 0 Å². The minimum atomic E-state index is -0.779. The first kappa shape index (κ1) is 54.1. The van der Waals surface area contributed by atoms with Gasteiger partial charge in [0.05, 0.1) is 0 Å². The Hall–Kier alpha value is -2.89. The summed E-state index contributed by atoms with van der Waals surface area (Å²) in [5.74, 6) is -0.916. The molecule has 0 N–H and O–H groups in total. The molecular weight excluding hydrogens is 709 g/mol. The fourth-order valence-corrected chi connectivity index (χ4v) is 6.43. The zero-order valence-corrected chi connectivity index (χ0v) is 37.3. The van der Waals surface area contributed by atoms with E-state index in [9.17, 15) is 14.4 Å². The fourth-order valence-electron chi connectivity index (χ4n) is 6.43. The van der Waals surface area contributed by atoms with E-state index in [0.29, 0.717) is 19.3 Å². The third-order valence-electron chi connectivity index (χ3n) is 10.0. The molecule has 0 saturated heterocycles. The van der Waals surface area contributed by atoms with Gasteiger partial charge in [0.15, 0.2) is 6.10 Å². The number of rotatable bonds is 42. The van der Waals surface area contributed by atoms with Crippen molar-refractivity contribution in [3.8, 4) is 0 Å². The number of unbranched alkanes of at least 4 members (excludes halogenated alkanes) is 21. The highest BCUT2D eigenvalue weighted by atomic mass is 16.6. The molecule has 0 radical (unpaired) electrons. The van der Waals surface area contributed by atoms with Gasteiger partial charge in [-0.25, -0.2) is 0 Å². The smallest absolute Gasteiger partial charge is 0.306 e. The average Bonchev–Trinajstić information content (AvgIpc) is 3.21. The molecule has 6 nitrogen and oxygen atoms in total. The number of carbonyl (C=O) groups excluding carboxylic acids is 3. The normalized spacial score (nSPS) is 12.5. The molecular formula is C51H88O6. The van der Waals surface area contributed by atoms with E-state index in [1.807, 2.05) is 0 Å². The topological polar surface area (TPSA) is 78.9 Å². The van der Waals surface area contributed by atoms with E-state index in [1.54, 1.807) is 0 Å². The van der Waals surface area contributed by atoms with Gasteiger partial charge in [0, 0.05) is 19.3 Å². The molecule has 57 heavy (non-hydrogen) atoms. The van der Waals surface area contributed by atoms with Crippen molar-refractivity contribution in [3.63, 3.8) is 0 Å². The van der Waals surface area contributed by atoms with E-state index >= 15 is 0 Å². The monoisotopic (exact) mass is 797 g/mol. The maximum absolute atomic E-state index is 12.7. The van der Waals surface area contributed by atoms with Crippen molar-refractivity contribution in [2.24, 2.45) is 0 Å². The Bertz CT molecular complexity index is 1050. The van der Waals surface area contributed by atoms with Crippen LogP contribution in [0.25, 0.3) is 0 Å². The molecule has 6 heteroatoms. The first-order valence-corrected chi connectivity index (χ1v) is 23.8. The molecule has 0 spiro atoms. The van der Waals surface area contributed by atoms with E-state index in [4.69, 9.17) is 14.2 Å². The van der Waals surface area contributed by atoms with Crippen molar-refractivity contribution < 1.29 is 28.6 Å². The lowest BCUT2D eigenvalue weighted by molar-refractivity contribution is -0.167. The molecule has 0 aliphatic carbocycles. The molecule has 1 atom stereocenters. The second kappa shape index (κ2) is 45.8. The molecule has 328 valence electrons. The van der Waals surface area contributed by atoms with Crippen LogP contribution in [-0.4, -0.2) is 37.2 Å². The molecule has 0 aromatic heterocycles. The zero-order chi connectivity index (χ0) is 41.5. The molecule has 0 fully saturated rings. The number of esters is 3. The van der Waals surface area contributed by atoms with E-state index in [1.165, 1.54) is 83.5 Å². The van der Waals surface area contributed by atoms with Gasteiger partial charge < -0.3 is 14.2 Å². The van der Waals surface area contributed by atoms with Crippen molar-refractivity contribution in [1.82, 2.24) is 0 Å². The van der Waals surface area contributed by atoms with Crippen LogP contribution in [0.3, 0.4) is 0 Å². The minimum Gasteiger partial charge on any atom is -0.462 e. The highest BCUT2D eigenvalue weighted by Crippen LogP contribution is 2.13. The van der Waals surface area contributed by atoms with Crippen LogP contribution in [0.2, 0.25) is 0 Å². The van der Waals surface area contributed by atoms with Crippen LogP contribution >= 0.6 is 0 Å². The number of ether oxygens (including phenoxy) is 3. The van der Waals surface area contributed by atoms with Crippen molar-refractivity contribution in [1.29, 1.82) is 0 Å². The largest absolute Gasteiger partial charge is 0.462 e. The van der Waals surface area contributed by atoms with Crippen LogP contribution in [0.15, 0.2) is 60.8 Å². The summed E-state index contributed by atoms with van der Waals surface area (Å²) in [5, 5.41) is 0. The first-order chi connectivity index (χ1) is 28.0. The van der Waals surface area contributed by atoms with E-state index < -0.39 is 6.10 Å². The Morgan fingerprint density at radius 2 is 0.684 bits per heavy atom. The Labute approximate surface area is 351 Å². The standard InChI is InChI=1S/C51H88O6/c1-4-7-10-13-16-18-20-22-24-25-26-27-28-30-31-33-35-38-41-44-50(53)56-47-48(46-55-49(52)43-40-37-15-12-9-6-3)57-51(54)45-42-39-36-34-32-29-23-21-19-17-14-11-8-5-2/h7,10,16,18,21-24,26-27,48H,4-6,8-9,11-15,17,19-20,25,28-47H2,1-3H3/b10-7-,18-16-,23-21-,24-22-,27-26-. The molecule has 0 bridgehead atoms. The lowest BCUT2D eigenvalue weighted by Crippen LogP contribution is -2.30. The van der Waals surface area contributed by atoms with Gasteiger partial charge in [0.1, 0.15) is 13.2 Å². The number of allylic oxidation sites excluding steroid dienone is 10. The minimum absolute atomic E-state index is 0.0825.